The Hall–Kier alpha value is -1.15. The molecule has 1 aliphatic rings. The molecular formula is C14H18O2. The van der Waals surface area contributed by atoms with E-state index in [2.05, 4.69) is 31.2 Å². The van der Waals surface area contributed by atoms with E-state index in [0.29, 0.717) is 18.3 Å². The minimum atomic E-state index is 0.325. The fraction of sp³-hybridized carbons (Fsp3) is 0.500. The summed E-state index contributed by atoms with van der Waals surface area (Å²) in [5.74, 6) is 0.891. The van der Waals surface area contributed by atoms with Gasteiger partial charge in [0, 0.05) is 18.9 Å². The number of aldehydes is 1. The molecule has 1 saturated heterocycles. The maximum absolute atomic E-state index is 10.4. The molecule has 1 heterocycles. The molecule has 1 aromatic carbocycles. The van der Waals surface area contributed by atoms with E-state index in [1.54, 1.807) is 0 Å². The van der Waals surface area contributed by atoms with Crippen LogP contribution in [0.4, 0.5) is 0 Å². The number of ether oxygens (including phenoxy) is 1. The first-order chi connectivity index (χ1) is 7.81. The van der Waals surface area contributed by atoms with Crippen molar-refractivity contribution in [2.45, 2.75) is 31.6 Å². The van der Waals surface area contributed by atoms with Crippen molar-refractivity contribution in [3.05, 3.63) is 35.4 Å². The van der Waals surface area contributed by atoms with Gasteiger partial charge in [0.25, 0.3) is 0 Å². The van der Waals surface area contributed by atoms with Gasteiger partial charge in [-0.2, -0.15) is 0 Å². The summed E-state index contributed by atoms with van der Waals surface area (Å²) in [6.45, 7) is 3.82. The first kappa shape index (κ1) is 11.3. The van der Waals surface area contributed by atoms with Crippen LogP contribution in [0.5, 0.6) is 0 Å². The molecule has 2 atom stereocenters. The maximum atomic E-state index is 10.4. The van der Waals surface area contributed by atoms with E-state index in [4.69, 9.17) is 4.74 Å². The van der Waals surface area contributed by atoms with Gasteiger partial charge >= 0.3 is 0 Å². The monoisotopic (exact) mass is 218 g/mol. The van der Waals surface area contributed by atoms with Crippen molar-refractivity contribution in [2.75, 3.05) is 13.2 Å². The predicted molar refractivity (Wildman–Crippen MR) is 63.7 cm³/mol. The van der Waals surface area contributed by atoms with Gasteiger partial charge in [0.05, 0.1) is 6.61 Å². The van der Waals surface area contributed by atoms with Crippen LogP contribution in [0.1, 0.15) is 42.7 Å². The average molecular weight is 218 g/mol. The van der Waals surface area contributed by atoms with Crippen molar-refractivity contribution >= 4 is 6.29 Å². The zero-order valence-electron chi connectivity index (χ0n) is 9.69. The second kappa shape index (κ2) is 5.26. The van der Waals surface area contributed by atoms with E-state index in [-0.39, 0.29) is 0 Å². The van der Waals surface area contributed by atoms with E-state index in [1.165, 1.54) is 11.1 Å². The quantitative estimate of drug-likeness (QED) is 0.726. The highest BCUT2D eigenvalue weighted by Gasteiger charge is 2.17. The highest BCUT2D eigenvalue weighted by Crippen LogP contribution is 2.27. The molecule has 1 fully saturated rings. The van der Waals surface area contributed by atoms with Crippen molar-refractivity contribution in [1.82, 2.24) is 0 Å². The molecule has 0 bridgehead atoms. The third-order valence-corrected chi connectivity index (χ3v) is 3.36. The zero-order valence-corrected chi connectivity index (χ0v) is 9.69. The lowest BCUT2D eigenvalue weighted by Crippen LogP contribution is -1.99. The molecule has 1 aliphatic heterocycles. The summed E-state index contributed by atoms with van der Waals surface area (Å²) >= 11 is 0. The number of rotatable bonds is 4. The van der Waals surface area contributed by atoms with E-state index < -0.39 is 0 Å². The summed E-state index contributed by atoms with van der Waals surface area (Å²) in [7, 11) is 0. The Morgan fingerprint density at radius 3 is 2.75 bits per heavy atom. The van der Waals surface area contributed by atoms with Crippen LogP contribution < -0.4 is 0 Å². The topological polar surface area (TPSA) is 26.3 Å². The second-order valence-corrected chi connectivity index (χ2v) is 4.53. The molecule has 0 radical (unpaired) electrons. The average Bonchev–Trinajstić information content (AvgIpc) is 2.83. The Morgan fingerprint density at radius 1 is 1.44 bits per heavy atom. The number of carbonyl (C=O) groups is 1. The Labute approximate surface area is 96.6 Å². The Balaban J connectivity index is 2.06. The van der Waals surface area contributed by atoms with Crippen LogP contribution in [-0.2, 0) is 9.53 Å². The number of benzene rings is 1. The molecular weight excluding hydrogens is 200 g/mol. The van der Waals surface area contributed by atoms with Crippen LogP contribution in [0.15, 0.2) is 24.3 Å². The third-order valence-electron chi connectivity index (χ3n) is 3.36. The van der Waals surface area contributed by atoms with Gasteiger partial charge in [-0.3, -0.25) is 0 Å². The van der Waals surface area contributed by atoms with Crippen molar-refractivity contribution in [3.63, 3.8) is 0 Å². The van der Waals surface area contributed by atoms with Gasteiger partial charge in [-0.25, -0.2) is 0 Å². The Kier molecular flexibility index (Phi) is 3.73. The first-order valence-corrected chi connectivity index (χ1v) is 5.92. The SMILES string of the molecule is CC(CC=O)c1ccc(C2CCOC2)cc1. The molecule has 1 aromatic rings. The molecule has 2 nitrogen and oxygen atoms in total. The lowest BCUT2D eigenvalue weighted by molar-refractivity contribution is -0.108. The fourth-order valence-corrected chi connectivity index (χ4v) is 2.17. The molecule has 0 N–H and O–H groups in total. The molecule has 2 heteroatoms. The minimum absolute atomic E-state index is 0.325. The maximum Gasteiger partial charge on any atom is 0.120 e. The molecule has 2 rings (SSSR count). The van der Waals surface area contributed by atoms with Gasteiger partial charge in [0.2, 0.25) is 0 Å². The normalized spacial score (nSPS) is 21.9. The largest absolute Gasteiger partial charge is 0.381 e. The van der Waals surface area contributed by atoms with Gasteiger partial charge in [-0.15, -0.1) is 0 Å². The van der Waals surface area contributed by atoms with Gasteiger partial charge in [0.1, 0.15) is 6.29 Å². The van der Waals surface area contributed by atoms with Crippen molar-refractivity contribution in [2.24, 2.45) is 0 Å². The predicted octanol–water partition coefficient (Wildman–Crippen LogP) is 2.88. The highest BCUT2D eigenvalue weighted by atomic mass is 16.5. The summed E-state index contributed by atoms with van der Waals surface area (Å²) in [4.78, 5) is 10.4. The van der Waals surface area contributed by atoms with Crippen molar-refractivity contribution < 1.29 is 9.53 Å². The summed E-state index contributed by atoms with van der Waals surface area (Å²) in [6.07, 6.45) is 2.72. The van der Waals surface area contributed by atoms with Gasteiger partial charge < -0.3 is 9.53 Å². The number of hydrogen-bond acceptors (Lipinski definition) is 2. The minimum Gasteiger partial charge on any atom is -0.381 e. The van der Waals surface area contributed by atoms with Crippen molar-refractivity contribution in [1.29, 1.82) is 0 Å². The number of carbonyl (C=O) groups excluding carboxylic acids is 1. The molecule has 16 heavy (non-hydrogen) atoms. The Bertz CT molecular complexity index is 336. The van der Waals surface area contributed by atoms with Crippen LogP contribution in [0, 0.1) is 0 Å². The molecule has 0 aromatic heterocycles. The van der Waals surface area contributed by atoms with E-state index in [9.17, 15) is 4.79 Å². The van der Waals surface area contributed by atoms with Crippen LogP contribution >= 0.6 is 0 Å². The van der Waals surface area contributed by atoms with Gasteiger partial charge in [-0.05, 0) is 23.5 Å². The summed E-state index contributed by atoms with van der Waals surface area (Å²) in [5, 5.41) is 0. The van der Waals surface area contributed by atoms with E-state index in [1.807, 2.05) is 0 Å². The standard InChI is InChI=1S/C14H18O2/c1-11(6-8-15)12-2-4-13(5-3-12)14-7-9-16-10-14/h2-5,8,11,14H,6-7,9-10H2,1H3. The van der Waals surface area contributed by atoms with Crippen LogP contribution in [-0.4, -0.2) is 19.5 Å². The zero-order chi connectivity index (χ0) is 11.4. The first-order valence-electron chi connectivity index (χ1n) is 5.92. The summed E-state index contributed by atoms with van der Waals surface area (Å²) in [6, 6.07) is 8.63. The van der Waals surface area contributed by atoms with Gasteiger partial charge in [0.15, 0.2) is 0 Å². The van der Waals surface area contributed by atoms with E-state index >= 15 is 0 Å². The molecule has 0 amide bonds. The second-order valence-electron chi connectivity index (χ2n) is 4.53. The Morgan fingerprint density at radius 2 is 2.19 bits per heavy atom. The number of hydrogen-bond donors (Lipinski definition) is 0. The molecule has 86 valence electrons. The van der Waals surface area contributed by atoms with Crippen LogP contribution in [0.25, 0.3) is 0 Å². The van der Waals surface area contributed by atoms with Crippen LogP contribution in [0.2, 0.25) is 0 Å². The fourth-order valence-electron chi connectivity index (χ4n) is 2.17. The molecule has 0 spiro atoms. The smallest absolute Gasteiger partial charge is 0.120 e. The molecule has 0 aliphatic carbocycles. The highest BCUT2D eigenvalue weighted by molar-refractivity contribution is 5.51. The van der Waals surface area contributed by atoms with Gasteiger partial charge in [-0.1, -0.05) is 31.2 Å². The lowest BCUT2D eigenvalue weighted by Gasteiger charge is -2.11. The summed E-state index contributed by atoms with van der Waals surface area (Å²) in [5.41, 5.74) is 2.61. The summed E-state index contributed by atoms with van der Waals surface area (Å²) < 4.78 is 5.38. The van der Waals surface area contributed by atoms with E-state index in [0.717, 1.165) is 25.9 Å². The lowest BCUT2D eigenvalue weighted by atomic mass is 9.93. The van der Waals surface area contributed by atoms with Crippen molar-refractivity contribution in [3.8, 4) is 0 Å². The molecule has 0 saturated carbocycles. The third kappa shape index (κ3) is 2.50. The van der Waals surface area contributed by atoms with Crippen LogP contribution in [0.3, 0.4) is 0 Å². The molecule has 2 unspecified atom stereocenters.